The first-order valence-electron chi connectivity index (χ1n) is 7.88. The summed E-state index contributed by atoms with van der Waals surface area (Å²) in [7, 11) is -3.17. The SMILES string of the molecule is CCNC(=NCCOc1ccc(S(C)(=O)=O)cc1)NC1CC1C. The van der Waals surface area contributed by atoms with Crippen molar-refractivity contribution in [1.29, 1.82) is 0 Å². The maximum atomic E-state index is 11.4. The first kappa shape index (κ1) is 17.6. The molecule has 1 aromatic rings. The smallest absolute Gasteiger partial charge is 0.191 e. The first-order chi connectivity index (χ1) is 10.9. The van der Waals surface area contributed by atoms with Crippen molar-refractivity contribution in [3.05, 3.63) is 24.3 Å². The number of benzene rings is 1. The Morgan fingerprint density at radius 2 is 2.00 bits per heavy atom. The molecule has 2 N–H and O–H groups in total. The second kappa shape index (κ2) is 7.68. The molecule has 23 heavy (non-hydrogen) atoms. The van der Waals surface area contributed by atoms with Crippen molar-refractivity contribution in [2.24, 2.45) is 10.9 Å². The predicted molar refractivity (Wildman–Crippen MR) is 91.7 cm³/mol. The summed E-state index contributed by atoms with van der Waals surface area (Å²) in [6, 6.07) is 6.95. The third-order valence-corrected chi connectivity index (χ3v) is 4.79. The zero-order chi connectivity index (χ0) is 16.9. The standard InChI is InChI=1S/C16H25N3O3S/c1-4-17-16(19-15-11-12(15)2)18-9-10-22-13-5-7-14(8-6-13)23(3,20)21/h5-8,12,15H,4,9-11H2,1-3H3,(H2,17,18,19). The van der Waals surface area contributed by atoms with Crippen LogP contribution in [-0.2, 0) is 9.84 Å². The molecule has 0 amide bonds. The van der Waals surface area contributed by atoms with Gasteiger partial charge in [-0.15, -0.1) is 0 Å². The van der Waals surface area contributed by atoms with Crippen LogP contribution in [0.5, 0.6) is 5.75 Å². The van der Waals surface area contributed by atoms with Crippen LogP contribution in [0, 0.1) is 5.92 Å². The number of ether oxygens (including phenoxy) is 1. The zero-order valence-corrected chi connectivity index (χ0v) is 14.7. The summed E-state index contributed by atoms with van der Waals surface area (Å²) >= 11 is 0. The van der Waals surface area contributed by atoms with Crippen molar-refractivity contribution in [2.75, 3.05) is 26.0 Å². The van der Waals surface area contributed by atoms with Gasteiger partial charge in [0.15, 0.2) is 15.8 Å². The summed E-state index contributed by atoms with van der Waals surface area (Å²) in [5.41, 5.74) is 0. The van der Waals surface area contributed by atoms with E-state index in [0.717, 1.165) is 12.5 Å². The molecule has 1 aliphatic rings. The highest BCUT2D eigenvalue weighted by Crippen LogP contribution is 2.28. The van der Waals surface area contributed by atoms with Gasteiger partial charge in [0.2, 0.25) is 0 Å². The number of hydrogen-bond acceptors (Lipinski definition) is 4. The van der Waals surface area contributed by atoms with Crippen molar-refractivity contribution >= 4 is 15.8 Å². The number of guanidine groups is 1. The summed E-state index contributed by atoms with van der Waals surface area (Å²) in [5, 5.41) is 6.59. The van der Waals surface area contributed by atoms with Crippen LogP contribution in [-0.4, -0.2) is 46.4 Å². The molecule has 1 aromatic carbocycles. The summed E-state index contributed by atoms with van der Waals surface area (Å²) in [4.78, 5) is 4.77. The molecule has 6 nitrogen and oxygen atoms in total. The Morgan fingerprint density at radius 1 is 1.35 bits per heavy atom. The fraction of sp³-hybridized carbons (Fsp3) is 0.562. The molecule has 1 aliphatic carbocycles. The minimum Gasteiger partial charge on any atom is -0.492 e. The van der Waals surface area contributed by atoms with Crippen LogP contribution in [0.4, 0.5) is 0 Å². The van der Waals surface area contributed by atoms with E-state index < -0.39 is 9.84 Å². The van der Waals surface area contributed by atoms with Crippen LogP contribution in [0.1, 0.15) is 20.3 Å². The Kier molecular flexibility index (Phi) is 5.87. The maximum absolute atomic E-state index is 11.4. The molecule has 2 atom stereocenters. The highest BCUT2D eigenvalue weighted by atomic mass is 32.2. The molecule has 0 bridgehead atoms. The highest BCUT2D eigenvalue weighted by molar-refractivity contribution is 7.90. The van der Waals surface area contributed by atoms with Crippen molar-refractivity contribution in [1.82, 2.24) is 10.6 Å². The third-order valence-electron chi connectivity index (χ3n) is 3.66. The van der Waals surface area contributed by atoms with Crippen LogP contribution in [0.15, 0.2) is 34.2 Å². The van der Waals surface area contributed by atoms with Gasteiger partial charge in [-0.3, -0.25) is 0 Å². The van der Waals surface area contributed by atoms with Gasteiger partial charge in [0.25, 0.3) is 0 Å². The highest BCUT2D eigenvalue weighted by Gasteiger charge is 2.33. The Labute approximate surface area is 138 Å². The lowest BCUT2D eigenvalue weighted by Gasteiger charge is -2.11. The second-order valence-corrected chi connectivity index (χ2v) is 7.83. The minimum absolute atomic E-state index is 0.292. The molecule has 0 heterocycles. The minimum atomic E-state index is -3.17. The maximum Gasteiger partial charge on any atom is 0.191 e. The molecular weight excluding hydrogens is 314 g/mol. The van der Waals surface area contributed by atoms with E-state index in [9.17, 15) is 8.42 Å². The number of sulfone groups is 1. The van der Waals surface area contributed by atoms with Gasteiger partial charge in [-0.05, 0) is 43.5 Å². The lowest BCUT2D eigenvalue weighted by molar-refractivity contribution is 0.328. The van der Waals surface area contributed by atoms with E-state index in [1.54, 1.807) is 24.3 Å². The van der Waals surface area contributed by atoms with Crippen LogP contribution in [0.3, 0.4) is 0 Å². The molecule has 0 spiro atoms. The van der Waals surface area contributed by atoms with E-state index in [-0.39, 0.29) is 0 Å². The van der Waals surface area contributed by atoms with Gasteiger partial charge < -0.3 is 15.4 Å². The molecule has 0 aliphatic heterocycles. The molecular formula is C16H25N3O3S. The summed E-state index contributed by atoms with van der Waals surface area (Å²) < 4.78 is 28.4. The number of aliphatic imine (C=N–C) groups is 1. The van der Waals surface area contributed by atoms with E-state index in [0.29, 0.717) is 35.8 Å². The molecule has 2 unspecified atom stereocenters. The van der Waals surface area contributed by atoms with Gasteiger partial charge in [0.1, 0.15) is 12.4 Å². The quantitative estimate of drug-likeness (QED) is 0.446. The molecule has 1 saturated carbocycles. The largest absolute Gasteiger partial charge is 0.492 e. The second-order valence-electron chi connectivity index (χ2n) is 5.82. The van der Waals surface area contributed by atoms with Crippen molar-refractivity contribution in [3.63, 3.8) is 0 Å². The van der Waals surface area contributed by atoms with Crippen LogP contribution >= 0.6 is 0 Å². The normalized spacial score (nSPS) is 20.9. The van der Waals surface area contributed by atoms with E-state index in [1.807, 2.05) is 6.92 Å². The van der Waals surface area contributed by atoms with E-state index in [4.69, 9.17) is 4.74 Å². The summed E-state index contributed by atoms with van der Waals surface area (Å²) in [6.07, 6.45) is 2.38. The Hall–Kier alpha value is -1.76. The van der Waals surface area contributed by atoms with Crippen molar-refractivity contribution in [2.45, 2.75) is 31.2 Å². The van der Waals surface area contributed by atoms with Gasteiger partial charge >= 0.3 is 0 Å². The third kappa shape index (κ3) is 5.74. The molecule has 0 aromatic heterocycles. The lowest BCUT2D eigenvalue weighted by atomic mass is 10.3. The predicted octanol–water partition coefficient (Wildman–Crippen LogP) is 1.43. The van der Waals surface area contributed by atoms with Gasteiger partial charge in [-0.1, -0.05) is 6.92 Å². The van der Waals surface area contributed by atoms with Gasteiger partial charge in [-0.2, -0.15) is 0 Å². The van der Waals surface area contributed by atoms with Gasteiger partial charge in [-0.25, -0.2) is 13.4 Å². The lowest BCUT2D eigenvalue weighted by Crippen LogP contribution is -2.39. The number of nitrogens with one attached hydrogen (secondary N) is 2. The van der Waals surface area contributed by atoms with Crippen LogP contribution < -0.4 is 15.4 Å². The first-order valence-corrected chi connectivity index (χ1v) is 9.77. The molecule has 7 heteroatoms. The molecule has 1 fully saturated rings. The Morgan fingerprint density at radius 3 is 2.52 bits per heavy atom. The topological polar surface area (TPSA) is 79.8 Å². The zero-order valence-electron chi connectivity index (χ0n) is 13.9. The van der Waals surface area contributed by atoms with Gasteiger partial charge in [0, 0.05) is 18.8 Å². The molecule has 2 rings (SSSR count). The fourth-order valence-corrected chi connectivity index (χ4v) is 2.75. The summed E-state index contributed by atoms with van der Waals surface area (Å²) in [6.45, 7) is 6.04. The monoisotopic (exact) mass is 339 g/mol. The fourth-order valence-electron chi connectivity index (χ4n) is 2.12. The average Bonchev–Trinajstić information content (AvgIpc) is 3.18. The van der Waals surface area contributed by atoms with Crippen LogP contribution in [0.25, 0.3) is 0 Å². The Balaban J connectivity index is 1.79. The van der Waals surface area contributed by atoms with Crippen LogP contribution in [0.2, 0.25) is 0 Å². The van der Waals surface area contributed by atoms with Crippen molar-refractivity contribution in [3.8, 4) is 5.75 Å². The number of hydrogen-bond donors (Lipinski definition) is 2. The number of nitrogens with zero attached hydrogens (tertiary/aromatic N) is 1. The number of rotatable bonds is 7. The van der Waals surface area contributed by atoms with E-state index in [1.165, 1.54) is 12.7 Å². The van der Waals surface area contributed by atoms with Gasteiger partial charge in [0.05, 0.1) is 11.4 Å². The molecule has 0 saturated heterocycles. The Bertz CT molecular complexity index is 641. The molecule has 0 radical (unpaired) electrons. The van der Waals surface area contributed by atoms with E-state index in [2.05, 4.69) is 22.5 Å². The summed E-state index contributed by atoms with van der Waals surface area (Å²) in [5.74, 6) is 2.17. The van der Waals surface area contributed by atoms with E-state index >= 15 is 0 Å². The molecule has 128 valence electrons. The average molecular weight is 339 g/mol. The van der Waals surface area contributed by atoms with Crippen molar-refractivity contribution < 1.29 is 13.2 Å².